The summed E-state index contributed by atoms with van der Waals surface area (Å²) in [5.41, 5.74) is 3.49. The molecular formula is C22H19Cl2NO3S. The summed E-state index contributed by atoms with van der Waals surface area (Å²) in [4.78, 5) is 26.1. The van der Waals surface area contributed by atoms with E-state index in [1.54, 1.807) is 23.5 Å². The molecule has 0 bridgehead atoms. The molecule has 1 aromatic heterocycles. The van der Waals surface area contributed by atoms with E-state index in [9.17, 15) is 9.59 Å². The monoisotopic (exact) mass is 447 g/mol. The Balaban J connectivity index is 1.79. The summed E-state index contributed by atoms with van der Waals surface area (Å²) in [6, 6.07) is 12.3. The smallest absolute Gasteiger partial charge is 0.337 e. The molecule has 4 nitrogen and oxygen atoms in total. The highest BCUT2D eigenvalue weighted by atomic mass is 35.5. The molecule has 0 saturated heterocycles. The number of hydrogen-bond acceptors (Lipinski definition) is 3. The van der Waals surface area contributed by atoms with Crippen molar-refractivity contribution in [3.63, 3.8) is 0 Å². The van der Waals surface area contributed by atoms with E-state index in [1.165, 1.54) is 6.07 Å². The second kappa shape index (κ2) is 8.99. The van der Waals surface area contributed by atoms with Crippen molar-refractivity contribution in [2.45, 2.75) is 26.8 Å². The number of halogens is 2. The molecule has 0 radical (unpaired) electrons. The van der Waals surface area contributed by atoms with Gasteiger partial charge in [-0.05, 0) is 61.2 Å². The Morgan fingerprint density at radius 3 is 2.45 bits per heavy atom. The first-order valence-electron chi connectivity index (χ1n) is 8.89. The number of carbonyl (C=O) groups is 2. The molecule has 0 saturated carbocycles. The second-order valence-corrected chi connectivity index (χ2v) is 8.95. The summed E-state index contributed by atoms with van der Waals surface area (Å²) >= 11 is 13.7. The van der Waals surface area contributed by atoms with E-state index in [1.807, 2.05) is 38.1 Å². The zero-order valence-corrected chi connectivity index (χ0v) is 18.2. The van der Waals surface area contributed by atoms with E-state index in [-0.39, 0.29) is 23.0 Å². The lowest BCUT2D eigenvalue weighted by atomic mass is 10.00. The van der Waals surface area contributed by atoms with Crippen LogP contribution in [0, 0.1) is 13.8 Å². The molecule has 7 heteroatoms. The van der Waals surface area contributed by atoms with E-state index < -0.39 is 5.97 Å². The zero-order valence-electron chi connectivity index (χ0n) is 15.9. The van der Waals surface area contributed by atoms with Crippen LogP contribution in [0.15, 0.2) is 42.5 Å². The van der Waals surface area contributed by atoms with E-state index >= 15 is 0 Å². The van der Waals surface area contributed by atoms with Crippen molar-refractivity contribution >= 4 is 46.4 Å². The van der Waals surface area contributed by atoms with Gasteiger partial charge in [0, 0.05) is 21.3 Å². The number of nitrogens with one attached hydrogen (secondary N) is 1. The number of amides is 1. The van der Waals surface area contributed by atoms with Gasteiger partial charge >= 0.3 is 5.97 Å². The highest BCUT2D eigenvalue weighted by Crippen LogP contribution is 2.30. The number of hydrogen-bond donors (Lipinski definition) is 2. The molecule has 150 valence electrons. The van der Waals surface area contributed by atoms with Crippen LogP contribution >= 0.6 is 34.5 Å². The predicted octanol–water partition coefficient (Wildman–Crippen LogP) is 5.89. The molecule has 1 amide bonds. The summed E-state index contributed by atoms with van der Waals surface area (Å²) in [5, 5.41) is 12.8. The van der Waals surface area contributed by atoms with Crippen molar-refractivity contribution in [3.05, 3.63) is 90.1 Å². The Kier molecular flexibility index (Phi) is 6.63. The summed E-state index contributed by atoms with van der Waals surface area (Å²) in [7, 11) is 0. The van der Waals surface area contributed by atoms with Gasteiger partial charge in [0.1, 0.15) is 0 Å². The van der Waals surface area contributed by atoms with Crippen molar-refractivity contribution in [3.8, 4) is 0 Å². The molecule has 0 aliphatic carbocycles. The summed E-state index contributed by atoms with van der Waals surface area (Å²) in [5.74, 6) is -1.25. The van der Waals surface area contributed by atoms with Crippen LogP contribution in [0.3, 0.4) is 0 Å². The number of carboxylic acid groups (broad SMARTS) is 1. The normalized spacial score (nSPS) is 10.8. The summed E-state index contributed by atoms with van der Waals surface area (Å²) < 4.78 is 0. The van der Waals surface area contributed by atoms with E-state index in [0.29, 0.717) is 17.0 Å². The molecule has 29 heavy (non-hydrogen) atoms. The first kappa shape index (κ1) is 21.4. The Labute approximate surface area is 183 Å². The van der Waals surface area contributed by atoms with Crippen molar-refractivity contribution < 1.29 is 14.7 Å². The fourth-order valence-electron chi connectivity index (χ4n) is 3.20. The number of carboxylic acids is 1. The molecule has 2 N–H and O–H groups in total. The van der Waals surface area contributed by atoms with Gasteiger partial charge in [-0.25, -0.2) is 4.79 Å². The first-order chi connectivity index (χ1) is 13.8. The minimum atomic E-state index is -1.08. The maximum absolute atomic E-state index is 12.9. The Morgan fingerprint density at radius 2 is 1.79 bits per heavy atom. The lowest BCUT2D eigenvalue weighted by molar-refractivity contribution is 0.0696. The molecule has 3 rings (SSSR count). The molecule has 3 aromatic rings. The number of benzene rings is 2. The molecule has 0 aliphatic heterocycles. The van der Waals surface area contributed by atoms with Crippen LogP contribution in [0.25, 0.3) is 0 Å². The molecule has 0 atom stereocenters. The van der Waals surface area contributed by atoms with Crippen LogP contribution in [0.2, 0.25) is 10.0 Å². The Hall–Kier alpha value is -2.34. The lowest BCUT2D eigenvalue weighted by Crippen LogP contribution is -2.24. The fourth-order valence-corrected chi connectivity index (χ4v) is 4.78. The van der Waals surface area contributed by atoms with Crippen molar-refractivity contribution in [2.24, 2.45) is 0 Å². The summed E-state index contributed by atoms with van der Waals surface area (Å²) in [6.07, 6.45) is 0.624. The van der Waals surface area contributed by atoms with Crippen LogP contribution < -0.4 is 5.32 Å². The molecular weight excluding hydrogens is 429 g/mol. The number of carbonyl (C=O) groups excluding carboxylic acids is 1. The number of aromatic carboxylic acids is 1. The van der Waals surface area contributed by atoms with Crippen molar-refractivity contribution in [1.29, 1.82) is 0 Å². The minimum absolute atomic E-state index is 0.0369. The Morgan fingerprint density at radius 1 is 1.03 bits per heavy atom. The van der Waals surface area contributed by atoms with Gasteiger partial charge in [0.15, 0.2) is 0 Å². The number of aryl methyl sites for hydroxylation is 2. The third kappa shape index (κ3) is 4.99. The van der Waals surface area contributed by atoms with Gasteiger partial charge in [-0.3, -0.25) is 4.79 Å². The van der Waals surface area contributed by atoms with Crippen LogP contribution in [-0.2, 0) is 13.0 Å². The Bertz CT molecular complexity index is 1090. The SMILES string of the molecule is Cc1sc(C)c(C(=O)NCc2ccc(C(=O)O)c(Cl)c2)c1Cc1cccc(Cl)c1. The maximum Gasteiger partial charge on any atom is 0.337 e. The van der Waals surface area contributed by atoms with Gasteiger partial charge in [0.05, 0.1) is 16.1 Å². The maximum atomic E-state index is 12.9. The van der Waals surface area contributed by atoms with E-state index in [0.717, 1.165) is 26.4 Å². The predicted molar refractivity (Wildman–Crippen MR) is 118 cm³/mol. The molecule has 0 unspecified atom stereocenters. The topological polar surface area (TPSA) is 66.4 Å². The van der Waals surface area contributed by atoms with Crippen LogP contribution in [0.1, 0.15) is 47.2 Å². The average molecular weight is 448 g/mol. The molecule has 0 fully saturated rings. The minimum Gasteiger partial charge on any atom is -0.478 e. The van der Waals surface area contributed by atoms with Gasteiger partial charge in [-0.2, -0.15) is 0 Å². The highest BCUT2D eigenvalue weighted by molar-refractivity contribution is 7.12. The van der Waals surface area contributed by atoms with Gasteiger partial charge < -0.3 is 10.4 Å². The molecule has 0 spiro atoms. The van der Waals surface area contributed by atoms with E-state index in [2.05, 4.69) is 5.32 Å². The van der Waals surface area contributed by atoms with Gasteiger partial charge in [-0.15, -0.1) is 11.3 Å². The van der Waals surface area contributed by atoms with Gasteiger partial charge in [0.25, 0.3) is 5.91 Å². The molecule has 2 aromatic carbocycles. The fraction of sp³-hybridized carbons (Fsp3) is 0.182. The van der Waals surface area contributed by atoms with Gasteiger partial charge in [-0.1, -0.05) is 41.4 Å². The van der Waals surface area contributed by atoms with Gasteiger partial charge in [0.2, 0.25) is 0 Å². The number of thiophene rings is 1. The largest absolute Gasteiger partial charge is 0.478 e. The molecule has 0 aliphatic rings. The summed E-state index contributed by atoms with van der Waals surface area (Å²) in [6.45, 7) is 4.20. The third-order valence-corrected chi connectivity index (χ3v) is 6.21. The lowest BCUT2D eigenvalue weighted by Gasteiger charge is -2.10. The quantitative estimate of drug-likeness (QED) is 0.494. The van der Waals surface area contributed by atoms with E-state index in [4.69, 9.17) is 28.3 Å². The molecule has 1 heterocycles. The van der Waals surface area contributed by atoms with Crippen molar-refractivity contribution in [2.75, 3.05) is 0 Å². The average Bonchev–Trinajstić information content (AvgIpc) is 2.93. The second-order valence-electron chi connectivity index (χ2n) is 6.68. The third-order valence-electron chi connectivity index (χ3n) is 4.60. The van der Waals surface area contributed by atoms with Crippen LogP contribution in [0.5, 0.6) is 0 Å². The van der Waals surface area contributed by atoms with Crippen molar-refractivity contribution in [1.82, 2.24) is 5.32 Å². The van der Waals surface area contributed by atoms with Crippen LogP contribution in [-0.4, -0.2) is 17.0 Å². The standard InChI is InChI=1S/C22H19Cl2NO3S/c1-12-18(9-14-4-3-5-16(23)8-14)20(13(2)29-12)21(26)25-11-15-6-7-17(22(27)28)19(24)10-15/h3-8,10H,9,11H2,1-2H3,(H,25,26)(H,27,28). The first-order valence-corrected chi connectivity index (χ1v) is 10.5. The van der Waals surface area contributed by atoms with Crippen LogP contribution in [0.4, 0.5) is 0 Å². The number of rotatable bonds is 6. The zero-order chi connectivity index (χ0) is 21.1. The highest BCUT2D eigenvalue weighted by Gasteiger charge is 2.20.